The number of hydrogen-bond acceptors (Lipinski definition) is 4. The zero-order valence-corrected chi connectivity index (χ0v) is 24.2. The molecule has 0 bridgehead atoms. The van der Waals surface area contributed by atoms with Crippen molar-refractivity contribution in [3.63, 3.8) is 0 Å². The molecule has 204 valence electrons. The molecule has 0 radical (unpaired) electrons. The van der Waals surface area contributed by atoms with Gasteiger partial charge in [0.15, 0.2) is 0 Å². The molecule has 7 nitrogen and oxygen atoms in total. The summed E-state index contributed by atoms with van der Waals surface area (Å²) in [4.78, 5) is 28.1. The Kier molecular flexibility index (Phi) is 11.9. The number of unbranched alkanes of at least 4 members (excludes halogenated alkanes) is 1. The topological polar surface area (TPSA) is 86.8 Å². The summed E-state index contributed by atoms with van der Waals surface area (Å²) in [7, 11) is -3.55. The highest BCUT2D eigenvalue weighted by Gasteiger charge is 2.29. The molecule has 0 saturated carbocycles. The molecule has 2 rings (SSSR count). The number of carbonyl (C=O) groups excluding carboxylic acids is 2. The van der Waals surface area contributed by atoms with E-state index in [2.05, 4.69) is 12.2 Å². The van der Waals surface area contributed by atoms with E-state index in [1.54, 1.807) is 11.0 Å². The highest BCUT2D eigenvalue weighted by molar-refractivity contribution is 7.92. The normalized spacial score (nSPS) is 12.2. The molecule has 0 saturated heterocycles. The van der Waals surface area contributed by atoms with Crippen LogP contribution in [0.4, 0.5) is 5.69 Å². The van der Waals surface area contributed by atoms with Crippen LogP contribution < -0.4 is 9.62 Å². The first-order valence-electron chi connectivity index (χ1n) is 12.8. The maximum absolute atomic E-state index is 13.5. The van der Waals surface area contributed by atoms with Crippen molar-refractivity contribution >= 4 is 39.1 Å². The van der Waals surface area contributed by atoms with Crippen molar-refractivity contribution in [1.82, 2.24) is 10.2 Å². The molecular weight excluding hydrogens is 510 g/mol. The number of aryl methyl sites for hydroxylation is 2. The minimum atomic E-state index is -3.55. The standard InChI is InChI=1S/C28H40ClN3O4S/c1-6-8-17-30-28(34)25(7-2)31(20-23-12-9-10-13-24(23)29)27(33)14-11-18-32(37(5,35)36)26-19-21(3)15-16-22(26)4/h9-10,12-13,15-16,19,25H,6-8,11,14,17-18,20H2,1-5H3,(H,30,34)/t25-/m1/s1. The van der Waals surface area contributed by atoms with Crippen LogP contribution in [0.5, 0.6) is 0 Å². The summed E-state index contributed by atoms with van der Waals surface area (Å²) in [6.07, 6.45) is 3.85. The Balaban J connectivity index is 2.24. The SMILES string of the molecule is CCCCNC(=O)[C@@H](CC)N(Cc1ccccc1Cl)C(=O)CCCN(c1cc(C)ccc1C)S(C)(=O)=O. The van der Waals surface area contributed by atoms with Crippen molar-refractivity contribution < 1.29 is 18.0 Å². The van der Waals surface area contributed by atoms with E-state index in [1.807, 2.05) is 57.2 Å². The van der Waals surface area contributed by atoms with E-state index in [1.165, 1.54) is 10.6 Å². The van der Waals surface area contributed by atoms with E-state index >= 15 is 0 Å². The van der Waals surface area contributed by atoms with Crippen LogP contribution in [0.25, 0.3) is 0 Å². The minimum Gasteiger partial charge on any atom is -0.354 e. The number of hydrogen-bond donors (Lipinski definition) is 1. The highest BCUT2D eigenvalue weighted by Crippen LogP contribution is 2.25. The van der Waals surface area contributed by atoms with Crippen LogP contribution in [-0.4, -0.2) is 50.5 Å². The number of carbonyl (C=O) groups is 2. The number of amides is 2. The number of nitrogens with one attached hydrogen (secondary N) is 1. The van der Waals surface area contributed by atoms with Crippen molar-refractivity contribution in [2.45, 2.75) is 72.4 Å². The molecule has 2 amide bonds. The Bertz CT molecular complexity index is 1170. The van der Waals surface area contributed by atoms with Gasteiger partial charge >= 0.3 is 0 Å². The Morgan fingerprint density at radius 1 is 1.05 bits per heavy atom. The van der Waals surface area contributed by atoms with Crippen molar-refractivity contribution in [2.75, 3.05) is 23.7 Å². The zero-order chi connectivity index (χ0) is 27.6. The predicted octanol–water partition coefficient (Wildman–Crippen LogP) is 5.23. The largest absolute Gasteiger partial charge is 0.354 e. The highest BCUT2D eigenvalue weighted by atomic mass is 35.5. The number of rotatable bonds is 14. The van der Waals surface area contributed by atoms with Crippen LogP contribution in [-0.2, 0) is 26.2 Å². The molecule has 0 aliphatic rings. The van der Waals surface area contributed by atoms with Crippen LogP contribution in [0.2, 0.25) is 5.02 Å². The summed E-state index contributed by atoms with van der Waals surface area (Å²) >= 11 is 6.38. The average Bonchev–Trinajstić information content (AvgIpc) is 2.84. The first kappa shape index (κ1) is 30.6. The summed E-state index contributed by atoms with van der Waals surface area (Å²) in [5, 5.41) is 3.47. The van der Waals surface area contributed by atoms with Gasteiger partial charge in [-0.25, -0.2) is 8.42 Å². The quantitative estimate of drug-likeness (QED) is 0.327. The third kappa shape index (κ3) is 9.04. The first-order chi connectivity index (χ1) is 17.5. The second kappa shape index (κ2) is 14.4. The molecule has 2 aromatic rings. The van der Waals surface area contributed by atoms with Crippen LogP contribution >= 0.6 is 11.6 Å². The second-order valence-corrected chi connectivity index (χ2v) is 11.7. The molecule has 2 aromatic carbocycles. The van der Waals surface area contributed by atoms with Crippen LogP contribution in [0, 0.1) is 13.8 Å². The molecule has 1 atom stereocenters. The van der Waals surface area contributed by atoms with Crippen LogP contribution in [0.3, 0.4) is 0 Å². The minimum absolute atomic E-state index is 0.0973. The van der Waals surface area contributed by atoms with Gasteiger partial charge in [0.05, 0.1) is 11.9 Å². The van der Waals surface area contributed by atoms with Crippen molar-refractivity contribution in [3.05, 3.63) is 64.2 Å². The van der Waals surface area contributed by atoms with Gasteiger partial charge in [0, 0.05) is 31.1 Å². The van der Waals surface area contributed by atoms with E-state index < -0.39 is 16.1 Å². The number of anilines is 1. The Morgan fingerprint density at radius 2 is 1.76 bits per heavy atom. The van der Waals surface area contributed by atoms with Gasteiger partial charge in [0.1, 0.15) is 6.04 Å². The molecule has 0 fully saturated rings. The molecule has 0 aromatic heterocycles. The summed E-state index contributed by atoms with van der Waals surface area (Å²) in [5.74, 6) is -0.406. The lowest BCUT2D eigenvalue weighted by atomic mass is 10.1. The Labute approximate surface area is 227 Å². The summed E-state index contributed by atoms with van der Waals surface area (Å²) < 4.78 is 26.6. The van der Waals surface area contributed by atoms with Gasteiger partial charge in [-0.2, -0.15) is 0 Å². The van der Waals surface area contributed by atoms with Gasteiger partial charge in [-0.15, -0.1) is 0 Å². The monoisotopic (exact) mass is 549 g/mol. The molecule has 1 N–H and O–H groups in total. The van der Waals surface area contributed by atoms with E-state index in [0.29, 0.717) is 30.1 Å². The summed E-state index contributed by atoms with van der Waals surface area (Å²) in [5.41, 5.74) is 3.17. The van der Waals surface area contributed by atoms with Crippen molar-refractivity contribution in [2.24, 2.45) is 0 Å². The number of halogens is 1. The lowest BCUT2D eigenvalue weighted by Crippen LogP contribution is -2.49. The Morgan fingerprint density at radius 3 is 2.38 bits per heavy atom. The number of benzene rings is 2. The van der Waals surface area contributed by atoms with E-state index in [4.69, 9.17) is 11.6 Å². The van der Waals surface area contributed by atoms with E-state index in [9.17, 15) is 18.0 Å². The average molecular weight is 550 g/mol. The molecule has 0 unspecified atom stereocenters. The van der Waals surface area contributed by atoms with Crippen molar-refractivity contribution in [1.29, 1.82) is 0 Å². The molecule has 0 heterocycles. The predicted molar refractivity (Wildman–Crippen MR) is 151 cm³/mol. The zero-order valence-electron chi connectivity index (χ0n) is 22.6. The molecular formula is C28H40ClN3O4S. The summed E-state index contributed by atoms with van der Waals surface area (Å²) in [6, 6.07) is 12.3. The van der Waals surface area contributed by atoms with Crippen LogP contribution in [0.15, 0.2) is 42.5 Å². The molecule has 0 spiro atoms. The van der Waals surface area contributed by atoms with Crippen LogP contribution in [0.1, 0.15) is 62.6 Å². The fraction of sp³-hybridized carbons (Fsp3) is 0.500. The fourth-order valence-electron chi connectivity index (χ4n) is 4.21. The third-order valence-electron chi connectivity index (χ3n) is 6.30. The Hall–Kier alpha value is -2.58. The fourth-order valence-corrected chi connectivity index (χ4v) is 5.42. The second-order valence-electron chi connectivity index (χ2n) is 9.41. The van der Waals surface area contributed by atoms with Gasteiger partial charge in [-0.05, 0) is 61.9 Å². The van der Waals surface area contributed by atoms with Gasteiger partial charge in [0.2, 0.25) is 21.8 Å². The third-order valence-corrected chi connectivity index (χ3v) is 7.85. The molecule has 0 aliphatic carbocycles. The smallest absolute Gasteiger partial charge is 0.242 e. The van der Waals surface area contributed by atoms with Gasteiger partial charge in [-0.1, -0.05) is 62.2 Å². The van der Waals surface area contributed by atoms with E-state index in [0.717, 1.165) is 29.5 Å². The first-order valence-corrected chi connectivity index (χ1v) is 15.1. The number of sulfonamides is 1. The maximum atomic E-state index is 13.5. The molecule has 0 aliphatic heterocycles. The van der Waals surface area contributed by atoms with E-state index in [-0.39, 0.29) is 31.3 Å². The van der Waals surface area contributed by atoms with Gasteiger partial charge in [0.25, 0.3) is 0 Å². The van der Waals surface area contributed by atoms with Gasteiger partial charge in [-0.3, -0.25) is 13.9 Å². The molecule has 37 heavy (non-hydrogen) atoms. The van der Waals surface area contributed by atoms with Gasteiger partial charge < -0.3 is 10.2 Å². The lowest BCUT2D eigenvalue weighted by Gasteiger charge is -2.31. The summed E-state index contributed by atoms with van der Waals surface area (Å²) in [6.45, 7) is 8.62. The number of nitrogens with zero attached hydrogens (tertiary/aromatic N) is 2. The maximum Gasteiger partial charge on any atom is 0.242 e. The molecule has 9 heteroatoms. The van der Waals surface area contributed by atoms with Crippen molar-refractivity contribution in [3.8, 4) is 0 Å². The lowest BCUT2D eigenvalue weighted by molar-refractivity contribution is -0.141.